The molecule has 0 radical (unpaired) electrons. The molecule has 3 aliphatic rings. The normalized spacial score (nSPS) is 29.3. The summed E-state index contributed by atoms with van der Waals surface area (Å²) in [7, 11) is 1.95. The van der Waals surface area contributed by atoms with E-state index in [1.54, 1.807) is 0 Å². The van der Waals surface area contributed by atoms with Crippen molar-refractivity contribution in [3.8, 4) is 0 Å². The molecule has 5 heteroatoms. The average Bonchev–Trinajstić information content (AvgIpc) is 2.90. The Morgan fingerprint density at radius 2 is 2.00 bits per heavy atom. The van der Waals surface area contributed by atoms with Crippen LogP contribution in [0.15, 0.2) is 27.7 Å². The van der Waals surface area contributed by atoms with Crippen LogP contribution in [0.4, 0.5) is 0 Å². The minimum Gasteiger partial charge on any atom is -0.369 e. The molecule has 1 aromatic carbocycles. The fourth-order valence-corrected chi connectivity index (χ4v) is 5.57. The summed E-state index contributed by atoms with van der Waals surface area (Å²) < 4.78 is 1.09. The van der Waals surface area contributed by atoms with Gasteiger partial charge in [0.15, 0.2) is 5.96 Å². The van der Waals surface area contributed by atoms with E-state index in [1.807, 2.05) is 11.9 Å². The monoisotopic (exact) mass is 377 g/mol. The van der Waals surface area contributed by atoms with Crippen molar-refractivity contribution < 1.29 is 0 Å². The van der Waals surface area contributed by atoms with Gasteiger partial charge in [0.2, 0.25) is 0 Å². The zero-order valence-electron chi connectivity index (χ0n) is 12.7. The van der Waals surface area contributed by atoms with Gasteiger partial charge in [0.25, 0.3) is 0 Å². The summed E-state index contributed by atoms with van der Waals surface area (Å²) in [5, 5.41) is 0. The van der Waals surface area contributed by atoms with Crippen LogP contribution in [0.2, 0.25) is 0 Å². The van der Waals surface area contributed by atoms with Crippen molar-refractivity contribution >= 4 is 39.1 Å². The lowest BCUT2D eigenvalue weighted by atomic mass is 9.62. The zero-order valence-corrected chi connectivity index (χ0v) is 15.1. The van der Waals surface area contributed by atoms with Gasteiger partial charge in [-0.15, -0.1) is 0 Å². The first-order chi connectivity index (χ1) is 10.5. The van der Waals surface area contributed by atoms with Gasteiger partial charge in [-0.1, -0.05) is 53.5 Å². The second-order valence-electron chi connectivity index (χ2n) is 6.86. The summed E-state index contributed by atoms with van der Waals surface area (Å²) in [5.74, 6) is 0.558. The Kier molecular flexibility index (Phi) is 3.18. The van der Waals surface area contributed by atoms with Crippen molar-refractivity contribution in [2.45, 2.75) is 44.1 Å². The number of benzene rings is 1. The molecule has 3 nitrogen and oxygen atoms in total. The molecular weight excluding hydrogens is 358 g/mol. The fourth-order valence-electron chi connectivity index (χ4n) is 4.75. The summed E-state index contributed by atoms with van der Waals surface area (Å²) in [5.41, 5.74) is 8.52. The maximum absolute atomic E-state index is 6.19. The van der Waals surface area contributed by atoms with Crippen LogP contribution in [0.5, 0.6) is 0 Å². The van der Waals surface area contributed by atoms with E-state index in [9.17, 15) is 0 Å². The number of hydrogen-bond donors (Lipinski definition) is 1. The Balaban J connectivity index is 1.99. The van der Waals surface area contributed by atoms with E-state index in [-0.39, 0.29) is 5.41 Å². The van der Waals surface area contributed by atoms with E-state index in [0.29, 0.717) is 5.96 Å². The first-order valence-corrected chi connectivity index (χ1v) is 9.13. The molecule has 4 rings (SSSR count). The molecule has 116 valence electrons. The third-order valence-electron chi connectivity index (χ3n) is 5.81. The number of thiocarbonyl (C=S) groups is 1. The van der Waals surface area contributed by atoms with Crippen molar-refractivity contribution in [2.24, 2.45) is 16.1 Å². The van der Waals surface area contributed by atoms with Crippen molar-refractivity contribution in [2.75, 3.05) is 7.05 Å². The second-order valence-corrected chi connectivity index (χ2v) is 8.17. The van der Waals surface area contributed by atoms with E-state index < -0.39 is 5.54 Å². The number of rotatable bonds is 0. The molecular formula is C17H20BrN3S. The predicted octanol–water partition coefficient (Wildman–Crippen LogP) is 3.74. The standard InChI is InChI=1S/C17H20BrN3S/c1-21-14(22)17(20-15(21)19)13-9-12(18)6-5-11(13)10-16(17)7-3-2-4-8-16/h5-6,9H,2-4,7-8,10H2,1H3,(H2,19,20). The number of nitrogens with zero attached hydrogens (tertiary/aromatic N) is 2. The molecule has 0 aromatic heterocycles. The third kappa shape index (κ3) is 1.67. The van der Waals surface area contributed by atoms with Crippen LogP contribution < -0.4 is 5.73 Å². The predicted molar refractivity (Wildman–Crippen MR) is 97.0 cm³/mol. The highest BCUT2D eigenvalue weighted by atomic mass is 79.9. The van der Waals surface area contributed by atoms with Crippen molar-refractivity contribution in [1.82, 2.24) is 4.90 Å². The number of guanidine groups is 1. The number of likely N-dealkylation sites (N-methyl/N-ethyl adjacent to an activating group) is 1. The third-order valence-corrected chi connectivity index (χ3v) is 6.87. The van der Waals surface area contributed by atoms with Gasteiger partial charge in [0, 0.05) is 16.9 Å². The van der Waals surface area contributed by atoms with Crippen LogP contribution in [0.1, 0.15) is 43.2 Å². The Hall–Kier alpha value is -0.940. The molecule has 0 amide bonds. The van der Waals surface area contributed by atoms with Crippen LogP contribution in [0, 0.1) is 5.41 Å². The molecule has 1 aliphatic heterocycles. The van der Waals surface area contributed by atoms with Gasteiger partial charge in [0.05, 0.1) is 0 Å². The molecule has 1 atom stereocenters. The van der Waals surface area contributed by atoms with Gasteiger partial charge >= 0.3 is 0 Å². The molecule has 1 saturated carbocycles. The smallest absolute Gasteiger partial charge is 0.197 e. The molecule has 2 N–H and O–H groups in total. The van der Waals surface area contributed by atoms with Crippen molar-refractivity contribution in [3.63, 3.8) is 0 Å². The van der Waals surface area contributed by atoms with Crippen LogP contribution in [-0.4, -0.2) is 22.9 Å². The van der Waals surface area contributed by atoms with Crippen LogP contribution in [-0.2, 0) is 12.0 Å². The zero-order chi connectivity index (χ0) is 15.5. The molecule has 1 aromatic rings. The van der Waals surface area contributed by atoms with Crippen molar-refractivity contribution in [3.05, 3.63) is 33.8 Å². The molecule has 1 unspecified atom stereocenters. The largest absolute Gasteiger partial charge is 0.369 e. The maximum atomic E-state index is 6.19. The highest BCUT2D eigenvalue weighted by molar-refractivity contribution is 9.10. The molecule has 2 aliphatic carbocycles. The number of aliphatic imine (C=N–C) groups is 1. The second kappa shape index (κ2) is 4.78. The molecule has 0 bridgehead atoms. The minimum absolute atomic E-state index is 0.112. The van der Waals surface area contributed by atoms with E-state index in [1.165, 1.54) is 43.2 Å². The Morgan fingerprint density at radius 1 is 1.27 bits per heavy atom. The van der Waals surface area contributed by atoms with Gasteiger partial charge in [-0.2, -0.15) is 0 Å². The Labute approximate surface area is 145 Å². The van der Waals surface area contributed by atoms with Crippen LogP contribution in [0.25, 0.3) is 0 Å². The topological polar surface area (TPSA) is 41.6 Å². The van der Waals surface area contributed by atoms with E-state index >= 15 is 0 Å². The number of fused-ring (bicyclic) bond motifs is 3. The van der Waals surface area contributed by atoms with Gasteiger partial charge in [-0.05, 0) is 42.5 Å². The van der Waals surface area contributed by atoms with Crippen LogP contribution in [0.3, 0.4) is 0 Å². The number of nitrogens with two attached hydrogens (primary N) is 1. The molecule has 22 heavy (non-hydrogen) atoms. The Morgan fingerprint density at radius 3 is 2.64 bits per heavy atom. The summed E-state index contributed by atoms with van der Waals surface area (Å²) in [6, 6.07) is 6.57. The van der Waals surface area contributed by atoms with E-state index in [0.717, 1.165) is 15.9 Å². The summed E-state index contributed by atoms with van der Waals surface area (Å²) in [4.78, 5) is 7.78. The van der Waals surface area contributed by atoms with Crippen molar-refractivity contribution in [1.29, 1.82) is 0 Å². The van der Waals surface area contributed by atoms with E-state index in [2.05, 4.69) is 34.1 Å². The molecule has 2 spiro atoms. The summed E-state index contributed by atoms with van der Waals surface area (Å²) in [6.07, 6.45) is 7.28. The lowest BCUT2D eigenvalue weighted by Crippen LogP contribution is -2.49. The van der Waals surface area contributed by atoms with Gasteiger partial charge in [-0.25, -0.2) is 4.99 Å². The lowest BCUT2D eigenvalue weighted by Gasteiger charge is -2.44. The highest BCUT2D eigenvalue weighted by Gasteiger charge is 2.63. The fraction of sp³-hybridized carbons (Fsp3) is 0.529. The first-order valence-electron chi connectivity index (χ1n) is 7.93. The molecule has 1 heterocycles. The SMILES string of the molecule is CN1C(=S)C2(N=C1N)c1cc(Br)ccc1CC21CCCCC1. The van der Waals surface area contributed by atoms with Crippen LogP contribution >= 0.6 is 28.1 Å². The van der Waals surface area contributed by atoms with Gasteiger partial charge in [0.1, 0.15) is 10.5 Å². The summed E-state index contributed by atoms with van der Waals surface area (Å²) >= 11 is 9.50. The van der Waals surface area contributed by atoms with E-state index in [4.69, 9.17) is 22.9 Å². The van der Waals surface area contributed by atoms with Gasteiger partial charge < -0.3 is 10.6 Å². The summed E-state index contributed by atoms with van der Waals surface area (Å²) in [6.45, 7) is 0. The first kappa shape index (κ1) is 14.6. The minimum atomic E-state index is -0.430. The average molecular weight is 378 g/mol. The molecule has 1 fully saturated rings. The number of hydrogen-bond acceptors (Lipinski definition) is 3. The molecule has 0 saturated heterocycles. The maximum Gasteiger partial charge on any atom is 0.197 e. The van der Waals surface area contributed by atoms with Gasteiger partial charge in [-0.3, -0.25) is 0 Å². The quantitative estimate of drug-likeness (QED) is 0.700. The lowest BCUT2D eigenvalue weighted by molar-refractivity contribution is 0.131. The highest BCUT2D eigenvalue weighted by Crippen LogP contribution is 2.62. The Bertz CT molecular complexity index is 693. The number of halogens is 1.